The maximum absolute atomic E-state index is 12.7. The van der Waals surface area contributed by atoms with Crippen molar-refractivity contribution in [3.05, 3.63) is 36.5 Å². The predicted octanol–water partition coefficient (Wildman–Crippen LogP) is 5.91. The molecule has 220 valence electrons. The topological polar surface area (TPSA) is 93.9 Å². The van der Waals surface area contributed by atoms with Crippen LogP contribution in [0.3, 0.4) is 0 Å². The van der Waals surface area contributed by atoms with Crippen LogP contribution in [-0.2, 0) is 19.1 Å². The second-order valence-electron chi connectivity index (χ2n) is 8.26. The highest BCUT2D eigenvalue weighted by Crippen LogP contribution is 2.16. The Labute approximate surface area is 229 Å². The third-order valence-corrected chi connectivity index (χ3v) is 5.33. The summed E-state index contributed by atoms with van der Waals surface area (Å²) in [4.78, 5) is 26.7. The largest absolute Gasteiger partial charge is 0.388 e. The number of nitrogens with zero attached hydrogens (tertiary/aromatic N) is 1. The molecule has 0 bridgehead atoms. The van der Waals surface area contributed by atoms with Gasteiger partial charge in [0.15, 0.2) is 0 Å². The quantitative estimate of drug-likeness (QED) is 0.230. The van der Waals surface area contributed by atoms with Gasteiger partial charge in [0.2, 0.25) is 11.8 Å². The van der Waals surface area contributed by atoms with E-state index < -0.39 is 0 Å². The number of hydrogen-bond acceptors (Lipinski definition) is 5. The fourth-order valence-electron chi connectivity index (χ4n) is 3.21. The Morgan fingerprint density at radius 2 is 1.68 bits per heavy atom. The Morgan fingerprint density at radius 1 is 1.08 bits per heavy atom. The highest BCUT2D eigenvalue weighted by atomic mass is 16.5. The van der Waals surface area contributed by atoms with Crippen molar-refractivity contribution >= 4 is 11.8 Å². The molecule has 0 aliphatic rings. The molecule has 0 heterocycles. The lowest BCUT2D eigenvalue weighted by Gasteiger charge is -2.25. The lowest BCUT2D eigenvalue weighted by Crippen LogP contribution is -2.36. The number of nitrogens with one attached hydrogen (secondary N) is 1. The number of carbonyl (C=O) groups excluding carboxylic acids is 2. The van der Waals surface area contributed by atoms with Gasteiger partial charge in [0.1, 0.15) is 0 Å². The van der Waals surface area contributed by atoms with E-state index in [0.717, 1.165) is 32.2 Å². The average Bonchev–Trinajstić information content (AvgIpc) is 2.92. The van der Waals surface area contributed by atoms with Crippen LogP contribution in [0.4, 0.5) is 0 Å². The van der Waals surface area contributed by atoms with E-state index in [4.69, 9.17) is 4.74 Å². The summed E-state index contributed by atoms with van der Waals surface area (Å²) in [5.41, 5.74) is 5.67. The smallest absolute Gasteiger partial charge is 0.225 e. The summed E-state index contributed by atoms with van der Waals surface area (Å²) in [6.45, 7) is 18.0. The second kappa shape index (κ2) is 34.0. The molecule has 0 aliphatic carbocycles. The summed E-state index contributed by atoms with van der Waals surface area (Å²) in [6, 6.07) is 0. The molecule has 7 heteroatoms. The average molecular weight is 528 g/mol. The number of carbonyl (C=O) groups is 2. The Bertz CT molecular complexity index is 577. The zero-order chi connectivity index (χ0) is 29.5. The summed E-state index contributed by atoms with van der Waals surface area (Å²) in [6.07, 6.45) is 12.8. The summed E-state index contributed by atoms with van der Waals surface area (Å²) in [5, 5.41) is 2.97. The van der Waals surface area contributed by atoms with E-state index in [1.54, 1.807) is 27.4 Å². The molecule has 37 heavy (non-hydrogen) atoms. The Kier molecular flexibility index (Phi) is 38.8. The van der Waals surface area contributed by atoms with Gasteiger partial charge >= 0.3 is 0 Å². The van der Waals surface area contributed by atoms with Crippen molar-refractivity contribution in [1.82, 2.24) is 10.2 Å². The van der Waals surface area contributed by atoms with Crippen LogP contribution in [0.25, 0.3) is 0 Å². The molecule has 3 N–H and O–H groups in total. The molecule has 7 nitrogen and oxygen atoms in total. The van der Waals surface area contributed by atoms with E-state index in [0.29, 0.717) is 38.3 Å². The molecule has 0 rings (SSSR count). The molecule has 2 amide bonds. The summed E-state index contributed by atoms with van der Waals surface area (Å²) in [7, 11) is 6.43. The molecule has 0 radical (unpaired) electrons. The van der Waals surface area contributed by atoms with Crippen molar-refractivity contribution in [2.75, 3.05) is 48.0 Å². The third-order valence-electron chi connectivity index (χ3n) is 5.33. The molecule has 0 saturated carbocycles. The maximum Gasteiger partial charge on any atom is 0.225 e. The molecule has 2 unspecified atom stereocenters. The predicted molar refractivity (Wildman–Crippen MR) is 161 cm³/mol. The number of rotatable bonds is 17. The zero-order valence-electron chi connectivity index (χ0n) is 25.9. The van der Waals surface area contributed by atoms with Crippen LogP contribution >= 0.6 is 0 Å². The first-order valence-corrected chi connectivity index (χ1v) is 13.8. The van der Waals surface area contributed by atoms with Crippen LogP contribution in [0.15, 0.2) is 36.5 Å². The molecular formula is C30H61N3O4. The number of ether oxygens (including phenoxy) is 2. The number of hydrogen-bond donors (Lipinski definition) is 2. The van der Waals surface area contributed by atoms with Crippen LogP contribution in [0.5, 0.6) is 0 Å². The van der Waals surface area contributed by atoms with Crippen LogP contribution in [0.1, 0.15) is 86.5 Å². The number of amides is 2. The van der Waals surface area contributed by atoms with Gasteiger partial charge in [-0.25, -0.2) is 0 Å². The van der Waals surface area contributed by atoms with Crippen molar-refractivity contribution < 1.29 is 19.1 Å². The molecule has 0 aromatic rings. The zero-order valence-corrected chi connectivity index (χ0v) is 25.9. The molecule has 0 saturated heterocycles. The number of methoxy groups -OCH3 is 2. The summed E-state index contributed by atoms with van der Waals surface area (Å²) >= 11 is 0. The van der Waals surface area contributed by atoms with Gasteiger partial charge in [0, 0.05) is 47.4 Å². The number of nitrogens with two attached hydrogens (primary N) is 1. The molecular weight excluding hydrogens is 466 g/mol. The van der Waals surface area contributed by atoms with Crippen molar-refractivity contribution in [2.24, 2.45) is 11.7 Å². The lowest BCUT2D eigenvalue weighted by atomic mass is 9.99. The van der Waals surface area contributed by atoms with Crippen LogP contribution < -0.4 is 11.1 Å². The van der Waals surface area contributed by atoms with Crippen molar-refractivity contribution in [1.29, 1.82) is 0 Å². The van der Waals surface area contributed by atoms with E-state index in [9.17, 15) is 9.59 Å². The van der Waals surface area contributed by atoms with Gasteiger partial charge in [-0.05, 0) is 45.6 Å². The van der Waals surface area contributed by atoms with Crippen LogP contribution in [-0.4, -0.2) is 70.8 Å². The Hall–Kier alpha value is -1.96. The van der Waals surface area contributed by atoms with E-state index >= 15 is 0 Å². The fourth-order valence-corrected chi connectivity index (χ4v) is 3.21. The third kappa shape index (κ3) is 28.5. The minimum atomic E-state index is -0.0361. The van der Waals surface area contributed by atoms with Gasteiger partial charge in [-0.15, -0.1) is 0 Å². The number of allylic oxidation sites excluding steroid dienone is 4. The summed E-state index contributed by atoms with van der Waals surface area (Å²) in [5.74, 6) is 0.703. The van der Waals surface area contributed by atoms with E-state index in [1.807, 2.05) is 43.9 Å². The first kappa shape index (κ1) is 42.1. The normalized spacial score (nSPS) is 12.0. The van der Waals surface area contributed by atoms with Gasteiger partial charge in [-0.1, -0.05) is 77.5 Å². The van der Waals surface area contributed by atoms with Crippen LogP contribution in [0, 0.1) is 5.92 Å². The molecule has 2 atom stereocenters. The van der Waals surface area contributed by atoms with Crippen molar-refractivity contribution in [2.45, 2.75) is 92.6 Å². The van der Waals surface area contributed by atoms with E-state index in [-0.39, 0.29) is 17.9 Å². The first-order valence-electron chi connectivity index (χ1n) is 13.8. The van der Waals surface area contributed by atoms with E-state index in [1.165, 1.54) is 12.6 Å². The van der Waals surface area contributed by atoms with Gasteiger partial charge in [0.05, 0.1) is 12.5 Å². The first-order chi connectivity index (χ1) is 17.8. The molecule has 0 fully saturated rings. The monoisotopic (exact) mass is 527 g/mol. The van der Waals surface area contributed by atoms with Gasteiger partial charge in [-0.2, -0.15) is 0 Å². The highest BCUT2D eigenvalue weighted by molar-refractivity contribution is 5.77. The standard InChI is InChI=1S/C25H44N2O3.C2H6O.C2H6.CH5N/c1-7-11-13-22(10-4)15-16-26-24(28)14-12-18-27(17-8-2)25(29)20-23(30-6)19-21(5)9-3;1-3-2;2*1-2/h7,10-11,13,21,23H,1,8-9,12,14-20H2,2-6H3,(H,26,28);1-2H3;1-2H3;2H2,1H3/b13-11-,22-10+;;;. The van der Waals surface area contributed by atoms with Gasteiger partial charge in [0.25, 0.3) is 0 Å². The van der Waals surface area contributed by atoms with Gasteiger partial charge in [-0.3, -0.25) is 9.59 Å². The van der Waals surface area contributed by atoms with Gasteiger partial charge < -0.3 is 25.4 Å². The Morgan fingerprint density at radius 3 is 2.14 bits per heavy atom. The highest BCUT2D eigenvalue weighted by Gasteiger charge is 2.20. The van der Waals surface area contributed by atoms with E-state index in [2.05, 4.69) is 43.1 Å². The maximum atomic E-state index is 12.7. The minimum absolute atomic E-state index is 0.0357. The lowest BCUT2D eigenvalue weighted by molar-refractivity contribution is -0.134. The molecule has 0 spiro atoms. The second-order valence-corrected chi connectivity index (χ2v) is 8.26. The van der Waals surface area contributed by atoms with Crippen molar-refractivity contribution in [3.8, 4) is 0 Å². The fraction of sp³-hybridized carbons (Fsp3) is 0.733. The molecule has 0 aromatic heterocycles. The Balaban J connectivity index is -0.000000703. The van der Waals surface area contributed by atoms with Crippen molar-refractivity contribution in [3.63, 3.8) is 0 Å². The summed E-state index contributed by atoms with van der Waals surface area (Å²) < 4.78 is 9.79. The van der Waals surface area contributed by atoms with Crippen LogP contribution in [0.2, 0.25) is 0 Å². The molecule has 0 aromatic carbocycles. The molecule has 0 aliphatic heterocycles. The minimum Gasteiger partial charge on any atom is -0.388 e. The SMILES string of the molecule is C=C/C=C\C(=C/C)CCNC(=O)CCCN(CCC)C(=O)CC(CC(C)CC)OC.CC.CN.COC.